The van der Waals surface area contributed by atoms with Crippen LogP contribution in [-0.2, 0) is 14.8 Å². The van der Waals surface area contributed by atoms with Gasteiger partial charge in [0.25, 0.3) is 5.91 Å². The van der Waals surface area contributed by atoms with Crippen LogP contribution in [0.3, 0.4) is 0 Å². The predicted octanol–water partition coefficient (Wildman–Crippen LogP) is 0.812. The van der Waals surface area contributed by atoms with E-state index >= 15 is 0 Å². The molecule has 0 aliphatic carbocycles. The highest BCUT2D eigenvalue weighted by atomic mass is 32.2. The molecule has 142 valence electrons. The molecule has 0 spiro atoms. The van der Waals surface area contributed by atoms with Crippen molar-refractivity contribution in [2.24, 2.45) is 5.10 Å². The van der Waals surface area contributed by atoms with Crippen LogP contribution in [0.15, 0.2) is 71.2 Å². The van der Waals surface area contributed by atoms with E-state index in [4.69, 9.17) is 0 Å². The van der Waals surface area contributed by atoms with Crippen LogP contribution in [0.1, 0.15) is 5.56 Å². The SMILES string of the molecule is CNS(=O)(=O)c1ccc(NN=C2C(=O)N(n3cncn3)c3ccccc32)cc1. The quantitative estimate of drug-likeness (QED) is 0.615. The van der Waals surface area contributed by atoms with Gasteiger partial charge in [0.1, 0.15) is 12.7 Å². The molecule has 2 aromatic carbocycles. The van der Waals surface area contributed by atoms with Crippen molar-refractivity contribution in [2.45, 2.75) is 4.90 Å². The number of fused-ring (bicyclic) bond motifs is 1. The van der Waals surface area contributed by atoms with E-state index < -0.39 is 10.0 Å². The van der Waals surface area contributed by atoms with Crippen molar-refractivity contribution in [3.8, 4) is 0 Å². The molecule has 0 saturated heterocycles. The Morgan fingerprint density at radius 3 is 2.50 bits per heavy atom. The number of nitrogens with zero attached hydrogens (tertiary/aromatic N) is 5. The third-order valence-electron chi connectivity index (χ3n) is 4.12. The molecule has 0 atom stereocenters. The minimum Gasteiger partial charge on any atom is -0.278 e. The number of benzene rings is 2. The maximum atomic E-state index is 12.9. The summed E-state index contributed by atoms with van der Waals surface area (Å²) in [6, 6.07) is 13.2. The third-order valence-corrected chi connectivity index (χ3v) is 5.55. The number of aromatic nitrogens is 3. The van der Waals surface area contributed by atoms with Gasteiger partial charge < -0.3 is 0 Å². The second-order valence-electron chi connectivity index (χ2n) is 5.75. The Hall–Kier alpha value is -3.57. The minimum absolute atomic E-state index is 0.132. The molecule has 0 unspecified atom stereocenters. The highest BCUT2D eigenvalue weighted by Gasteiger charge is 2.35. The fourth-order valence-corrected chi connectivity index (χ4v) is 3.48. The first-order valence-electron chi connectivity index (χ1n) is 8.17. The Bertz CT molecular complexity index is 1160. The van der Waals surface area contributed by atoms with Gasteiger partial charge in [-0.2, -0.15) is 14.9 Å². The van der Waals surface area contributed by atoms with Crippen molar-refractivity contribution in [1.29, 1.82) is 0 Å². The lowest BCUT2D eigenvalue weighted by molar-refractivity contribution is -0.112. The first kappa shape index (κ1) is 17.8. The first-order valence-corrected chi connectivity index (χ1v) is 9.65. The second kappa shape index (κ2) is 6.87. The van der Waals surface area contributed by atoms with E-state index in [1.165, 1.54) is 41.6 Å². The molecule has 1 amide bonds. The molecule has 10 nitrogen and oxygen atoms in total. The van der Waals surface area contributed by atoms with Crippen LogP contribution in [0.25, 0.3) is 0 Å². The van der Waals surface area contributed by atoms with Gasteiger partial charge in [-0.25, -0.2) is 18.1 Å². The molecule has 0 saturated carbocycles. The normalized spacial score (nSPS) is 15.1. The van der Waals surface area contributed by atoms with E-state index in [2.05, 4.69) is 25.3 Å². The number of amides is 1. The second-order valence-corrected chi connectivity index (χ2v) is 7.64. The van der Waals surface area contributed by atoms with Crippen molar-refractivity contribution < 1.29 is 13.2 Å². The highest BCUT2D eigenvalue weighted by Crippen LogP contribution is 2.29. The largest absolute Gasteiger partial charge is 0.299 e. The van der Waals surface area contributed by atoms with Crippen LogP contribution in [-0.4, -0.2) is 42.0 Å². The Labute approximate surface area is 160 Å². The number of nitrogens with one attached hydrogen (secondary N) is 2. The maximum absolute atomic E-state index is 12.9. The molecule has 0 bridgehead atoms. The van der Waals surface area contributed by atoms with Gasteiger partial charge in [0.05, 0.1) is 16.3 Å². The molecular weight excluding hydrogens is 382 g/mol. The maximum Gasteiger partial charge on any atom is 0.299 e. The van der Waals surface area contributed by atoms with Gasteiger partial charge in [0.2, 0.25) is 10.0 Å². The number of hydrogen-bond donors (Lipinski definition) is 2. The summed E-state index contributed by atoms with van der Waals surface area (Å²) in [5, 5.41) is 9.62. The molecule has 1 aliphatic rings. The lowest BCUT2D eigenvalue weighted by Gasteiger charge is -2.14. The number of hydrazone groups is 1. The summed E-state index contributed by atoms with van der Waals surface area (Å²) in [5.41, 5.74) is 4.82. The van der Waals surface area contributed by atoms with Gasteiger partial charge in [-0.3, -0.25) is 10.2 Å². The monoisotopic (exact) mass is 397 g/mol. The number of sulfonamides is 1. The fourth-order valence-electron chi connectivity index (χ4n) is 2.75. The Balaban J connectivity index is 1.64. The Morgan fingerprint density at radius 2 is 1.82 bits per heavy atom. The first-order chi connectivity index (χ1) is 13.5. The van der Waals surface area contributed by atoms with Gasteiger partial charge in [-0.15, -0.1) is 5.10 Å². The third kappa shape index (κ3) is 3.02. The van der Waals surface area contributed by atoms with E-state index in [9.17, 15) is 13.2 Å². The minimum atomic E-state index is -3.52. The topological polar surface area (TPSA) is 122 Å². The zero-order chi connectivity index (χ0) is 19.7. The van der Waals surface area contributed by atoms with Crippen LogP contribution in [0.2, 0.25) is 0 Å². The summed E-state index contributed by atoms with van der Waals surface area (Å²) in [6.07, 6.45) is 2.76. The summed E-state index contributed by atoms with van der Waals surface area (Å²) in [6.45, 7) is 0. The molecule has 0 radical (unpaired) electrons. The lowest BCUT2D eigenvalue weighted by atomic mass is 10.1. The number of rotatable bonds is 5. The van der Waals surface area contributed by atoms with Crippen LogP contribution in [0.4, 0.5) is 11.4 Å². The van der Waals surface area contributed by atoms with Gasteiger partial charge in [0, 0.05) is 5.56 Å². The number of hydrogen-bond acceptors (Lipinski definition) is 7. The average Bonchev–Trinajstić information content (AvgIpc) is 3.32. The lowest BCUT2D eigenvalue weighted by Crippen LogP contribution is -2.35. The zero-order valence-corrected chi connectivity index (χ0v) is 15.5. The Kier molecular flexibility index (Phi) is 4.37. The van der Waals surface area contributed by atoms with E-state index in [0.717, 1.165) is 0 Å². The number of anilines is 2. The van der Waals surface area contributed by atoms with Crippen molar-refractivity contribution in [1.82, 2.24) is 19.6 Å². The van der Waals surface area contributed by atoms with Gasteiger partial charge >= 0.3 is 0 Å². The van der Waals surface area contributed by atoms with Crippen LogP contribution in [0.5, 0.6) is 0 Å². The van der Waals surface area contributed by atoms with Crippen LogP contribution in [0, 0.1) is 0 Å². The molecule has 4 rings (SSSR count). The fraction of sp³-hybridized carbons (Fsp3) is 0.0588. The predicted molar refractivity (Wildman–Crippen MR) is 102 cm³/mol. The van der Waals surface area contributed by atoms with Crippen molar-refractivity contribution >= 4 is 33.0 Å². The van der Waals surface area contributed by atoms with Crippen molar-refractivity contribution in [2.75, 3.05) is 17.5 Å². The van der Waals surface area contributed by atoms with E-state index in [1.807, 2.05) is 12.1 Å². The van der Waals surface area contributed by atoms with E-state index in [-0.39, 0.29) is 16.5 Å². The summed E-state index contributed by atoms with van der Waals surface area (Å²) in [7, 11) is -2.17. The molecule has 1 aliphatic heterocycles. The zero-order valence-electron chi connectivity index (χ0n) is 14.6. The summed E-state index contributed by atoms with van der Waals surface area (Å²) in [5.74, 6) is -0.367. The Morgan fingerprint density at radius 1 is 1.07 bits per heavy atom. The number of carbonyl (C=O) groups is 1. The molecule has 28 heavy (non-hydrogen) atoms. The van der Waals surface area contributed by atoms with Gasteiger partial charge in [-0.05, 0) is 37.4 Å². The summed E-state index contributed by atoms with van der Waals surface area (Å²) < 4.78 is 25.8. The smallest absolute Gasteiger partial charge is 0.278 e. The molecule has 3 aromatic rings. The molecule has 2 heterocycles. The molecule has 11 heteroatoms. The highest BCUT2D eigenvalue weighted by molar-refractivity contribution is 7.89. The van der Waals surface area contributed by atoms with E-state index in [1.54, 1.807) is 24.3 Å². The van der Waals surface area contributed by atoms with Crippen molar-refractivity contribution in [3.63, 3.8) is 0 Å². The number of carbonyl (C=O) groups excluding carboxylic acids is 1. The van der Waals surface area contributed by atoms with Crippen LogP contribution >= 0.6 is 0 Å². The number of para-hydroxylation sites is 1. The summed E-state index contributed by atoms with van der Waals surface area (Å²) >= 11 is 0. The average molecular weight is 397 g/mol. The molecule has 0 fully saturated rings. The summed E-state index contributed by atoms with van der Waals surface area (Å²) in [4.78, 5) is 18.2. The van der Waals surface area contributed by atoms with Crippen molar-refractivity contribution in [3.05, 3.63) is 66.7 Å². The van der Waals surface area contributed by atoms with E-state index in [0.29, 0.717) is 16.9 Å². The standard InChI is InChI=1S/C17H15N7O3S/c1-18-28(26,27)13-8-6-12(7-9-13)21-22-16-14-4-2-3-5-15(14)24(17(16)25)23-11-19-10-20-23/h2-11,18,21H,1H3. The van der Waals surface area contributed by atoms with Gasteiger partial charge in [-0.1, -0.05) is 18.2 Å². The van der Waals surface area contributed by atoms with Gasteiger partial charge in [0.15, 0.2) is 5.71 Å². The molecular formula is C17H15N7O3S. The molecule has 1 aromatic heterocycles. The molecule has 2 N–H and O–H groups in total. The van der Waals surface area contributed by atoms with Crippen LogP contribution < -0.4 is 15.2 Å².